The quantitative estimate of drug-likeness (QED) is 0.384. The Morgan fingerprint density at radius 2 is 2.03 bits per heavy atom. The molecule has 0 aromatic heterocycles. The van der Waals surface area contributed by atoms with Crippen LogP contribution >= 0.6 is 0 Å². The Hall–Kier alpha value is -1.91. The van der Waals surface area contributed by atoms with Gasteiger partial charge >= 0.3 is 0 Å². The van der Waals surface area contributed by atoms with E-state index in [1.54, 1.807) is 0 Å². The first-order valence-electron chi connectivity index (χ1n) is 12.5. The molecule has 4 nitrogen and oxygen atoms in total. The highest BCUT2D eigenvalue weighted by Crippen LogP contribution is 2.48. The number of allylic oxidation sites excluding steroid dienone is 2. The molecular formula is C28H41NO3. The van der Waals surface area contributed by atoms with Gasteiger partial charge in [0.25, 0.3) is 0 Å². The summed E-state index contributed by atoms with van der Waals surface area (Å²) < 4.78 is 0. The zero-order chi connectivity index (χ0) is 23.1. The van der Waals surface area contributed by atoms with Crippen LogP contribution in [0.2, 0.25) is 0 Å². The summed E-state index contributed by atoms with van der Waals surface area (Å²) in [6, 6.07) is 8.25. The van der Waals surface area contributed by atoms with Crippen LogP contribution in [0.4, 0.5) is 0 Å². The molecule has 1 aromatic carbocycles. The van der Waals surface area contributed by atoms with Crippen LogP contribution in [0.1, 0.15) is 63.5 Å². The normalized spacial score (nSPS) is 25.7. The second kappa shape index (κ2) is 11.8. The van der Waals surface area contributed by atoms with Gasteiger partial charge in [0.1, 0.15) is 0 Å². The van der Waals surface area contributed by atoms with Crippen LogP contribution in [0, 0.1) is 24.7 Å². The van der Waals surface area contributed by atoms with Crippen molar-refractivity contribution in [2.45, 2.75) is 77.9 Å². The number of unbranched alkanes of at least 4 members (excludes halogenated alkanes) is 1. The number of aryl methyl sites for hydroxylation is 1. The van der Waals surface area contributed by atoms with Crippen LogP contribution in [-0.4, -0.2) is 46.3 Å². The van der Waals surface area contributed by atoms with E-state index in [0.717, 1.165) is 50.8 Å². The molecule has 0 bridgehead atoms. The molecule has 1 aromatic rings. The molecule has 32 heavy (non-hydrogen) atoms. The minimum absolute atomic E-state index is 0.116. The summed E-state index contributed by atoms with van der Waals surface area (Å²) in [4.78, 5) is 14.1. The number of hydrogen-bond donors (Lipinski definition) is 2. The largest absolute Gasteiger partial charge is 0.392 e. The number of aliphatic hydroxyl groups is 2. The molecule has 0 aliphatic heterocycles. The lowest BCUT2D eigenvalue weighted by Gasteiger charge is -2.19. The molecule has 0 radical (unpaired) electrons. The summed E-state index contributed by atoms with van der Waals surface area (Å²) in [7, 11) is 0. The molecule has 5 atom stereocenters. The fourth-order valence-corrected chi connectivity index (χ4v) is 5.56. The highest BCUT2D eigenvalue weighted by Gasteiger charge is 2.43. The van der Waals surface area contributed by atoms with Crippen molar-refractivity contribution in [2.24, 2.45) is 17.8 Å². The Morgan fingerprint density at radius 3 is 2.75 bits per heavy atom. The van der Waals surface area contributed by atoms with Crippen molar-refractivity contribution in [3.05, 3.63) is 59.2 Å². The molecule has 4 heteroatoms. The van der Waals surface area contributed by atoms with Crippen molar-refractivity contribution in [2.75, 3.05) is 13.1 Å². The van der Waals surface area contributed by atoms with Gasteiger partial charge in [0.2, 0.25) is 5.91 Å². The molecular weight excluding hydrogens is 398 g/mol. The molecule has 1 fully saturated rings. The zero-order valence-corrected chi connectivity index (χ0v) is 20.0. The van der Waals surface area contributed by atoms with Gasteiger partial charge in [-0.25, -0.2) is 0 Å². The molecule has 1 saturated carbocycles. The number of carbonyl (C=O) groups is 1. The highest BCUT2D eigenvalue weighted by molar-refractivity contribution is 5.76. The number of nitrogens with zero attached hydrogens (tertiary/aromatic N) is 1. The predicted molar refractivity (Wildman–Crippen MR) is 130 cm³/mol. The Balaban J connectivity index is 1.45. The highest BCUT2D eigenvalue weighted by atomic mass is 16.3. The van der Waals surface area contributed by atoms with E-state index in [4.69, 9.17) is 0 Å². The van der Waals surface area contributed by atoms with Crippen LogP contribution in [-0.2, 0) is 11.2 Å². The lowest BCUT2D eigenvalue weighted by molar-refractivity contribution is -0.130. The molecule has 0 heterocycles. The van der Waals surface area contributed by atoms with Gasteiger partial charge in [0.15, 0.2) is 0 Å². The predicted octanol–water partition coefficient (Wildman–Crippen LogP) is 4.83. The van der Waals surface area contributed by atoms with E-state index in [1.807, 2.05) is 37.0 Å². The molecule has 0 saturated heterocycles. The first-order chi connectivity index (χ1) is 15.4. The summed E-state index contributed by atoms with van der Waals surface area (Å²) in [6.07, 6.45) is 11.6. The fraction of sp³-hybridized carbons (Fsp3) is 0.607. The summed E-state index contributed by atoms with van der Waals surface area (Å²) in [5, 5.41) is 21.1. The molecule has 3 rings (SSSR count). The van der Waals surface area contributed by atoms with Crippen molar-refractivity contribution < 1.29 is 15.0 Å². The lowest BCUT2D eigenvalue weighted by Crippen LogP contribution is -2.30. The van der Waals surface area contributed by atoms with Crippen LogP contribution in [0.3, 0.4) is 0 Å². The Labute approximate surface area is 194 Å². The second-order valence-electron chi connectivity index (χ2n) is 9.66. The van der Waals surface area contributed by atoms with Gasteiger partial charge in [-0.2, -0.15) is 0 Å². The number of aliphatic hydroxyl groups excluding tert-OH is 2. The monoisotopic (exact) mass is 439 g/mol. The van der Waals surface area contributed by atoms with E-state index < -0.39 is 6.10 Å². The first-order valence-corrected chi connectivity index (χ1v) is 12.5. The van der Waals surface area contributed by atoms with Gasteiger partial charge in [-0.3, -0.25) is 4.79 Å². The van der Waals surface area contributed by atoms with Crippen LogP contribution in [0.15, 0.2) is 48.1 Å². The summed E-state index contributed by atoms with van der Waals surface area (Å²) in [5.41, 5.74) is 3.83. The van der Waals surface area contributed by atoms with Gasteiger partial charge < -0.3 is 15.1 Å². The third-order valence-corrected chi connectivity index (χ3v) is 7.29. The number of carbonyl (C=O) groups excluding carboxylic acids is 1. The topological polar surface area (TPSA) is 60.8 Å². The standard InChI is InChI=1S/C28H41NO3/c1-4-29(5-2)28(32)12-7-6-10-22-16-23-19-27(31)25(26(23)18-22)14-13-24(30)17-21-11-8-9-20(3)15-21/h8-9,11,13-16,23-27,30-31H,4-7,10,12,17-19H2,1-3H3/b14-13+/t23-,24+,25+,26-,27+/m0/s1. The van der Waals surface area contributed by atoms with E-state index in [1.165, 1.54) is 11.1 Å². The summed E-state index contributed by atoms with van der Waals surface area (Å²) in [5.74, 6) is 1.27. The van der Waals surface area contributed by atoms with E-state index >= 15 is 0 Å². The minimum Gasteiger partial charge on any atom is -0.392 e. The SMILES string of the molecule is CCN(CC)C(=O)CCCCC1=C[C@H]2C[C@@H](O)[C@H](/C=C/[C@@H](O)Cc3cccc(C)c3)[C@H]2C1. The van der Waals surface area contributed by atoms with Crippen LogP contribution in [0.25, 0.3) is 0 Å². The number of fused-ring (bicyclic) bond motifs is 1. The van der Waals surface area contributed by atoms with Crippen molar-refractivity contribution in [3.8, 4) is 0 Å². The van der Waals surface area contributed by atoms with Crippen LogP contribution in [0.5, 0.6) is 0 Å². The molecule has 0 spiro atoms. The van der Waals surface area contributed by atoms with E-state index in [-0.39, 0.29) is 17.9 Å². The number of benzene rings is 1. The third-order valence-electron chi connectivity index (χ3n) is 7.29. The minimum atomic E-state index is -0.528. The smallest absolute Gasteiger partial charge is 0.222 e. The number of amides is 1. The summed E-state index contributed by atoms with van der Waals surface area (Å²) in [6.45, 7) is 7.71. The molecule has 176 valence electrons. The Kier molecular flexibility index (Phi) is 9.12. The van der Waals surface area contributed by atoms with E-state index in [0.29, 0.717) is 24.7 Å². The molecule has 2 aliphatic rings. The maximum Gasteiger partial charge on any atom is 0.222 e. The molecule has 2 N–H and O–H groups in total. The Morgan fingerprint density at radius 1 is 1.25 bits per heavy atom. The second-order valence-corrected chi connectivity index (χ2v) is 9.66. The first kappa shape index (κ1) is 24.7. The number of hydrogen-bond acceptors (Lipinski definition) is 3. The lowest BCUT2D eigenvalue weighted by atomic mass is 9.88. The maximum atomic E-state index is 12.2. The van der Waals surface area contributed by atoms with Gasteiger partial charge in [0.05, 0.1) is 12.2 Å². The average Bonchev–Trinajstić information content (AvgIpc) is 3.27. The zero-order valence-electron chi connectivity index (χ0n) is 20.0. The molecule has 1 amide bonds. The number of rotatable bonds is 11. The van der Waals surface area contributed by atoms with Gasteiger partial charge in [-0.05, 0) is 70.3 Å². The van der Waals surface area contributed by atoms with Gasteiger partial charge in [0, 0.05) is 31.8 Å². The van der Waals surface area contributed by atoms with Gasteiger partial charge in [-0.15, -0.1) is 0 Å². The van der Waals surface area contributed by atoms with E-state index in [9.17, 15) is 15.0 Å². The van der Waals surface area contributed by atoms with Crippen molar-refractivity contribution in [3.63, 3.8) is 0 Å². The van der Waals surface area contributed by atoms with Crippen LogP contribution < -0.4 is 0 Å². The van der Waals surface area contributed by atoms with Gasteiger partial charge in [-0.1, -0.05) is 53.6 Å². The van der Waals surface area contributed by atoms with E-state index in [2.05, 4.69) is 31.2 Å². The average molecular weight is 440 g/mol. The Bertz CT molecular complexity index is 811. The third kappa shape index (κ3) is 6.55. The summed E-state index contributed by atoms with van der Waals surface area (Å²) >= 11 is 0. The maximum absolute atomic E-state index is 12.2. The fourth-order valence-electron chi connectivity index (χ4n) is 5.56. The van der Waals surface area contributed by atoms with Crippen molar-refractivity contribution >= 4 is 5.91 Å². The van der Waals surface area contributed by atoms with Crippen molar-refractivity contribution in [1.82, 2.24) is 4.90 Å². The van der Waals surface area contributed by atoms with Crippen molar-refractivity contribution in [1.29, 1.82) is 0 Å². The molecule has 0 unspecified atom stereocenters. The molecule has 2 aliphatic carbocycles.